The SMILES string of the molecule is Cc1cccc(N(C)C(=O)c2ccc(Cl)cc2I)c1C. The van der Waals surface area contributed by atoms with Gasteiger partial charge in [-0.15, -0.1) is 0 Å². The van der Waals surface area contributed by atoms with E-state index in [4.69, 9.17) is 11.6 Å². The van der Waals surface area contributed by atoms with Crippen molar-refractivity contribution in [2.75, 3.05) is 11.9 Å². The van der Waals surface area contributed by atoms with E-state index in [1.807, 2.05) is 32.0 Å². The number of carbonyl (C=O) groups is 1. The quantitative estimate of drug-likeness (QED) is 0.662. The van der Waals surface area contributed by atoms with Crippen LogP contribution in [0.5, 0.6) is 0 Å². The van der Waals surface area contributed by atoms with E-state index in [-0.39, 0.29) is 5.91 Å². The molecule has 0 aromatic heterocycles. The number of carbonyl (C=O) groups excluding carboxylic acids is 1. The molecule has 0 unspecified atom stereocenters. The van der Waals surface area contributed by atoms with Crippen molar-refractivity contribution in [3.8, 4) is 0 Å². The number of halogens is 2. The van der Waals surface area contributed by atoms with Gasteiger partial charge in [0.25, 0.3) is 5.91 Å². The summed E-state index contributed by atoms with van der Waals surface area (Å²) in [5.74, 6) is -0.0280. The molecule has 2 rings (SSSR count). The minimum atomic E-state index is -0.0280. The molecule has 0 heterocycles. The van der Waals surface area contributed by atoms with Crippen molar-refractivity contribution < 1.29 is 4.79 Å². The van der Waals surface area contributed by atoms with Gasteiger partial charge in [-0.2, -0.15) is 0 Å². The molecular formula is C16H15ClINO. The maximum Gasteiger partial charge on any atom is 0.259 e. The number of aryl methyl sites for hydroxylation is 1. The summed E-state index contributed by atoms with van der Waals surface area (Å²) in [6, 6.07) is 11.3. The normalized spacial score (nSPS) is 10.4. The summed E-state index contributed by atoms with van der Waals surface area (Å²) < 4.78 is 0.859. The second kappa shape index (κ2) is 6.14. The van der Waals surface area contributed by atoms with E-state index in [2.05, 4.69) is 22.6 Å². The van der Waals surface area contributed by atoms with E-state index >= 15 is 0 Å². The maximum absolute atomic E-state index is 12.6. The molecule has 20 heavy (non-hydrogen) atoms. The van der Waals surface area contributed by atoms with E-state index in [1.54, 1.807) is 30.1 Å². The molecule has 4 heteroatoms. The Morgan fingerprint density at radius 2 is 1.90 bits per heavy atom. The molecule has 104 valence electrons. The summed E-state index contributed by atoms with van der Waals surface area (Å²) >= 11 is 8.07. The zero-order chi connectivity index (χ0) is 14.9. The smallest absolute Gasteiger partial charge is 0.259 e. The fourth-order valence-electron chi connectivity index (χ4n) is 2.05. The molecule has 0 radical (unpaired) electrons. The van der Waals surface area contributed by atoms with E-state index in [0.717, 1.165) is 14.8 Å². The molecule has 2 nitrogen and oxygen atoms in total. The molecule has 0 bridgehead atoms. The van der Waals surface area contributed by atoms with Crippen LogP contribution in [0.1, 0.15) is 21.5 Å². The Balaban J connectivity index is 2.40. The monoisotopic (exact) mass is 399 g/mol. The van der Waals surface area contributed by atoms with E-state index < -0.39 is 0 Å². The molecule has 0 spiro atoms. The van der Waals surface area contributed by atoms with Gasteiger partial charge in [0.15, 0.2) is 0 Å². The number of nitrogens with zero attached hydrogens (tertiary/aromatic N) is 1. The first-order valence-electron chi connectivity index (χ1n) is 6.21. The van der Waals surface area contributed by atoms with Crippen LogP contribution in [0.25, 0.3) is 0 Å². The van der Waals surface area contributed by atoms with Gasteiger partial charge in [0.1, 0.15) is 0 Å². The maximum atomic E-state index is 12.6. The number of amides is 1. The molecule has 2 aromatic rings. The summed E-state index contributed by atoms with van der Waals surface area (Å²) in [5.41, 5.74) is 3.89. The van der Waals surface area contributed by atoms with Crippen LogP contribution in [0, 0.1) is 17.4 Å². The van der Waals surface area contributed by atoms with Crippen LogP contribution < -0.4 is 4.90 Å². The number of hydrogen-bond acceptors (Lipinski definition) is 1. The number of benzene rings is 2. The highest BCUT2D eigenvalue weighted by molar-refractivity contribution is 14.1. The average molecular weight is 400 g/mol. The molecule has 0 saturated heterocycles. The highest BCUT2D eigenvalue weighted by Crippen LogP contribution is 2.25. The summed E-state index contributed by atoms with van der Waals surface area (Å²) in [6.07, 6.45) is 0. The third-order valence-electron chi connectivity index (χ3n) is 3.40. The Bertz CT molecular complexity index is 670. The molecule has 0 aliphatic heterocycles. The van der Waals surface area contributed by atoms with Gasteiger partial charge in [-0.05, 0) is 71.8 Å². The molecule has 1 amide bonds. The van der Waals surface area contributed by atoms with Crippen molar-refractivity contribution in [1.29, 1.82) is 0 Å². The van der Waals surface area contributed by atoms with Crippen LogP contribution in [0.3, 0.4) is 0 Å². The molecule has 2 aromatic carbocycles. The van der Waals surface area contributed by atoms with Crippen LogP contribution in [0.2, 0.25) is 5.02 Å². The first kappa shape index (κ1) is 15.3. The van der Waals surface area contributed by atoms with E-state index in [1.165, 1.54) is 5.56 Å². The van der Waals surface area contributed by atoms with Crippen LogP contribution in [-0.4, -0.2) is 13.0 Å². The van der Waals surface area contributed by atoms with Crippen LogP contribution in [0.15, 0.2) is 36.4 Å². The molecule has 0 N–H and O–H groups in total. The van der Waals surface area contributed by atoms with Crippen molar-refractivity contribution in [1.82, 2.24) is 0 Å². The summed E-state index contributed by atoms with van der Waals surface area (Å²) in [4.78, 5) is 14.3. The lowest BCUT2D eigenvalue weighted by Gasteiger charge is -2.21. The number of hydrogen-bond donors (Lipinski definition) is 0. The van der Waals surface area contributed by atoms with E-state index in [9.17, 15) is 4.79 Å². The Kier molecular flexibility index (Phi) is 4.70. The first-order valence-corrected chi connectivity index (χ1v) is 7.67. The second-order valence-electron chi connectivity index (χ2n) is 4.71. The molecule has 0 aliphatic rings. The van der Waals surface area contributed by atoms with Gasteiger partial charge in [0.05, 0.1) is 5.56 Å². The van der Waals surface area contributed by atoms with Gasteiger partial charge in [-0.3, -0.25) is 4.79 Å². The Hall–Kier alpha value is -1.07. The lowest BCUT2D eigenvalue weighted by Crippen LogP contribution is -2.27. The highest BCUT2D eigenvalue weighted by Gasteiger charge is 2.18. The van der Waals surface area contributed by atoms with Crippen molar-refractivity contribution in [2.24, 2.45) is 0 Å². The minimum Gasteiger partial charge on any atom is -0.311 e. The third kappa shape index (κ3) is 2.99. The topological polar surface area (TPSA) is 20.3 Å². The van der Waals surface area contributed by atoms with Gasteiger partial charge < -0.3 is 4.90 Å². The Morgan fingerprint density at radius 1 is 1.20 bits per heavy atom. The van der Waals surface area contributed by atoms with Gasteiger partial charge in [0, 0.05) is 21.3 Å². The second-order valence-corrected chi connectivity index (χ2v) is 6.31. The lowest BCUT2D eigenvalue weighted by atomic mass is 10.1. The van der Waals surface area contributed by atoms with Gasteiger partial charge >= 0.3 is 0 Å². The molecular weight excluding hydrogens is 385 g/mol. The van der Waals surface area contributed by atoms with Crippen molar-refractivity contribution in [2.45, 2.75) is 13.8 Å². The number of rotatable bonds is 2. The first-order chi connectivity index (χ1) is 9.41. The van der Waals surface area contributed by atoms with Gasteiger partial charge in [-0.25, -0.2) is 0 Å². The van der Waals surface area contributed by atoms with Gasteiger partial charge in [-0.1, -0.05) is 23.7 Å². The molecule has 0 fully saturated rings. The Morgan fingerprint density at radius 3 is 2.55 bits per heavy atom. The zero-order valence-electron chi connectivity index (χ0n) is 11.6. The fourth-order valence-corrected chi connectivity index (χ4v) is 3.15. The van der Waals surface area contributed by atoms with Crippen LogP contribution >= 0.6 is 34.2 Å². The standard InChI is InChI=1S/C16H15ClINO/c1-10-5-4-6-15(11(10)2)19(3)16(20)13-8-7-12(17)9-14(13)18/h4-9H,1-3H3. The number of anilines is 1. The van der Waals surface area contributed by atoms with Gasteiger partial charge in [0.2, 0.25) is 0 Å². The van der Waals surface area contributed by atoms with Crippen LogP contribution in [-0.2, 0) is 0 Å². The molecule has 0 aliphatic carbocycles. The molecule has 0 atom stereocenters. The predicted molar refractivity (Wildman–Crippen MR) is 92.8 cm³/mol. The van der Waals surface area contributed by atoms with Crippen molar-refractivity contribution >= 4 is 45.8 Å². The van der Waals surface area contributed by atoms with E-state index in [0.29, 0.717) is 10.6 Å². The van der Waals surface area contributed by atoms with Crippen molar-refractivity contribution in [3.63, 3.8) is 0 Å². The summed E-state index contributed by atoms with van der Waals surface area (Å²) in [7, 11) is 1.80. The Labute approximate surface area is 137 Å². The highest BCUT2D eigenvalue weighted by atomic mass is 127. The average Bonchev–Trinajstić information content (AvgIpc) is 2.40. The third-order valence-corrected chi connectivity index (χ3v) is 4.53. The largest absolute Gasteiger partial charge is 0.311 e. The van der Waals surface area contributed by atoms with Crippen LogP contribution in [0.4, 0.5) is 5.69 Å². The fraction of sp³-hybridized carbons (Fsp3) is 0.188. The molecule has 0 saturated carbocycles. The van der Waals surface area contributed by atoms with Crippen molar-refractivity contribution in [3.05, 3.63) is 61.7 Å². The summed E-state index contributed by atoms with van der Waals surface area (Å²) in [5, 5.41) is 0.639. The predicted octanol–water partition coefficient (Wildman–Crippen LogP) is 4.84. The minimum absolute atomic E-state index is 0.0280. The summed E-state index contributed by atoms with van der Waals surface area (Å²) in [6.45, 7) is 4.07. The zero-order valence-corrected chi connectivity index (χ0v) is 14.5. The lowest BCUT2D eigenvalue weighted by molar-refractivity contribution is 0.0992.